The van der Waals surface area contributed by atoms with Crippen LogP contribution in [0.25, 0.3) is 0 Å². The predicted molar refractivity (Wildman–Crippen MR) is 67.4 cm³/mol. The van der Waals surface area contributed by atoms with E-state index in [9.17, 15) is 30.6 Å². The Labute approximate surface area is 113 Å². The van der Waals surface area contributed by atoms with E-state index >= 15 is 0 Å². The van der Waals surface area contributed by atoms with E-state index in [1.807, 2.05) is 0 Å². The zero-order valence-corrected chi connectivity index (χ0v) is 11.5. The van der Waals surface area contributed by atoms with E-state index in [1.165, 1.54) is 0 Å². The molecule has 0 heterocycles. The van der Waals surface area contributed by atoms with E-state index in [0.717, 1.165) is 0 Å². The maximum atomic E-state index is 9.47. The van der Waals surface area contributed by atoms with Crippen LogP contribution in [-0.2, 0) is 4.74 Å². The fourth-order valence-corrected chi connectivity index (χ4v) is 1.79. The lowest BCUT2D eigenvalue weighted by Crippen LogP contribution is -2.60. The van der Waals surface area contributed by atoms with Crippen LogP contribution in [0.15, 0.2) is 0 Å². The molecule has 7 heteroatoms. The van der Waals surface area contributed by atoms with Gasteiger partial charge in [0.05, 0.1) is 26.4 Å². The molecule has 0 radical (unpaired) electrons. The lowest BCUT2D eigenvalue weighted by molar-refractivity contribution is -0.257. The summed E-state index contributed by atoms with van der Waals surface area (Å²) in [6.45, 7) is 0.0702. The lowest BCUT2D eigenvalue weighted by Gasteiger charge is -2.45. The van der Waals surface area contributed by atoms with E-state index in [0.29, 0.717) is 0 Å². The number of ether oxygens (including phenoxy) is 1. The second-order valence-corrected chi connectivity index (χ2v) is 5.03. The van der Waals surface area contributed by atoms with Gasteiger partial charge in [-0.15, -0.1) is 0 Å². The van der Waals surface area contributed by atoms with Crippen LogP contribution in [0, 0.1) is 11.8 Å². The molecule has 0 aromatic rings. The van der Waals surface area contributed by atoms with Crippen molar-refractivity contribution in [3.8, 4) is 0 Å². The molecule has 2 atom stereocenters. The molecule has 19 heavy (non-hydrogen) atoms. The Morgan fingerprint density at radius 1 is 0.684 bits per heavy atom. The SMILES string of the molecule is CC(CO)C(CO)(CO)OC(CO)(CO)C(C)CO. The average Bonchev–Trinajstić information content (AvgIpc) is 2.48. The Hall–Kier alpha value is -0.280. The van der Waals surface area contributed by atoms with Crippen molar-refractivity contribution in [3.05, 3.63) is 0 Å². The molecular weight excluding hydrogens is 256 g/mol. The third kappa shape index (κ3) is 3.85. The summed E-state index contributed by atoms with van der Waals surface area (Å²) < 4.78 is 5.61. The molecule has 116 valence electrons. The van der Waals surface area contributed by atoms with Gasteiger partial charge in [-0.25, -0.2) is 0 Å². The zero-order chi connectivity index (χ0) is 15.1. The average molecular weight is 282 g/mol. The van der Waals surface area contributed by atoms with Gasteiger partial charge in [-0.3, -0.25) is 0 Å². The van der Waals surface area contributed by atoms with Crippen LogP contribution < -0.4 is 0 Å². The first-order valence-electron chi connectivity index (χ1n) is 6.27. The minimum Gasteiger partial charge on any atom is -0.396 e. The van der Waals surface area contributed by atoms with Crippen LogP contribution in [-0.4, -0.2) is 81.5 Å². The van der Waals surface area contributed by atoms with Gasteiger partial charge in [0.15, 0.2) is 0 Å². The molecule has 0 aromatic heterocycles. The van der Waals surface area contributed by atoms with Crippen LogP contribution >= 0.6 is 0 Å². The largest absolute Gasteiger partial charge is 0.396 e. The van der Waals surface area contributed by atoms with Gasteiger partial charge in [-0.05, 0) is 0 Å². The molecule has 0 amide bonds. The summed E-state index contributed by atoms with van der Waals surface area (Å²) in [6, 6.07) is 0. The van der Waals surface area contributed by atoms with Crippen LogP contribution in [0.5, 0.6) is 0 Å². The fourth-order valence-electron chi connectivity index (χ4n) is 1.79. The van der Waals surface area contributed by atoms with E-state index in [4.69, 9.17) is 4.74 Å². The lowest BCUT2D eigenvalue weighted by atomic mass is 9.85. The van der Waals surface area contributed by atoms with Gasteiger partial charge in [-0.1, -0.05) is 13.8 Å². The third-order valence-electron chi connectivity index (χ3n) is 3.82. The van der Waals surface area contributed by atoms with Crippen molar-refractivity contribution in [2.45, 2.75) is 25.0 Å². The molecule has 0 bridgehead atoms. The van der Waals surface area contributed by atoms with Crippen molar-refractivity contribution < 1.29 is 35.4 Å². The van der Waals surface area contributed by atoms with E-state index in [-0.39, 0.29) is 13.2 Å². The number of hydrogen-bond acceptors (Lipinski definition) is 7. The van der Waals surface area contributed by atoms with Crippen molar-refractivity contribution in [3.63, 3.8) is 0 Å². The molecule has 2 unspecified atom stereocenters. The second-order valence-electron chi connectivity index (χ2n) is 5.03. The first kappa shape index (κ1) is 18.7. The van der Waals surface area contributed by atoms with Crippen LogP contribution in [0.4, 0.5) is 0 Å². The maximum Gasteiger partial charge on any atom is 0.120 e. The normalized spacial score (nSPS) is 16.4. The molecule has 0 aliphatic carbocycles. The highest BCUT2D eigenvalue weighted by atomic mass is 16.6. The summed E-state index contributed by atoms with van der Waals surface area (Å²) in [6.07, 6.45) is 0. The van der Waals surface area contributed by atoms with Gasteiger partial charge in [-0.2, -0.15) is 0 Å². The number of aliphatic hydroxyl groups is 6. The van der Waals surface area contributed by atoms with Crippen LogP contribution in [0.3, 0.4) is 0 Å². The monoisotopic (exact) mass is 282 g/mol. The number of rotatable bonds is 10. The van der Waals surface area contributed by atoms with Crippen molar-refractivity contribution in [2.75, 3.05) is 39.6 Å². The smallest absolute Gasteiger partial charge is 0.120 e. The maximum absolute atomic E-state index is 9.47. The summed E-state index contributed by atoms with van der Waals surface area (Å²) in [5.41, 5.74) is -3.02. The van der Waals surface area contributed by atoms with Crippen molar-refractivity contribution >= 4 is 0 Å². The first-order chi connectivity index (χ1) is 8.91. The number of hydrogen-bond donors (Lipinski definition) is 6. The fraction of sp³-hybridized carbons (Fsp3) is 1.00. The van der Waals surface area contributed by atoms with Crippen molar-refractivity contribution in [1.82, 2.24) is 0 Å². The van der Waals surface area contributed by atoms with Gasteiger partial charge >= 0.3 is 0 Å². The zero-order valence-electron chi connectivity index (χ0n) is 11.5. The topological polar surface area (TPSA) is 131 Å². The highest BCUT2D eigenvalue weighted by Gasteiger charge is 2.47. The van der Waals surface area contributed by atoms with Gasteiger partial charge < -0.3 is 35.4 Å². The van der Waals surface area contributed by atoms with Crippen molar-refractivity contribution in [2.24, 2.45) is 11.8 Å². The number of aliphatic hydroxyl groups excluding tert-OH is 6. The molecular formula is C12H26O7. The van der Waals surface area contributed by atoms with Gasteiger partial charge in [0.1, 0.15) is 11.2 Å². The molecule has 0 saturated heterocycles. The highest BCUT2D eigenvalue weighted by Crippen LogP contribution is 2.32. The predicted octanol–water partition coefficient (Wildman–Crippen LogP) is -2.29. The molecule has 0 aromatic carbocycles. The van der Waals surface area contributed by atoms with E-state index in [2.05, 4.69) is 0 Å². The summed E-state index contributed by atoms with van der Waals surface area (Å²) in [5, 5.41) is 56.2. The van der Waals surface area contributed by atoms with Crippen LogP contribution in [0.1, 0.15) is 13.8 Å². The molecule has 6 N–H and O–H groups in total. The molecule has 0 saturated carbocycles. The molecule has 0 fully saturated rings. The summed E-state index contributed by atoms with van der Waals surface area (Å²) in [5.74, 6) is -1.24. The molecule has 0 spiro atoms. The molecule has 7 nitrogen and oxygen atoms in total. The summed E-state index contributed by atoms with van der Waals surface area (Å²) in [7, 11) is 0. The van der Waals surface area contributed by atoms with Crippen LogP contribution in [0.2, 0.25) is 0 Å². The Morgan fingerprint density at radius 2 is 0.947 bits per heavy atom. The van der Waals surface area contributed by atoms with Gasteiger partial charge in [0.2, 0.25) is 0 Å². The minimum atomic E-state index is -1.51. The highest BCUT2D eigenvalue weighted by molar-refractivity contribution is 4.94. The Bertz CT molecular complexity index is 214. The third-order valence-corrected chi connectivity index (χ3v) is 3.82. The Kier molecular flexibility index (Phi) is 7.99. The van der Waals surface area contributed by atoms with Gasteiger partial charge in [0.25, 0.3) is 0 Å². The summed E-state index contributed by atoms with van der Waals surface area (Å²) >= 11 is 0. The van der Waals surface area contributed by atoms with E-state index in [1.54, 1.807) is 13.8 Å². The summed E-state index contributed by atoms with van der Waals surface area (Å²) in [4.78, 5) is 0. The minimum absolute atomic E-state index is 0.346. The van der Waals surface area contributed by atoms with Gasteiger partial charge in [0, 0.05) is 25.0 Å². The standard InChI is InChI=1S/C12H26O7/c1-9(3-13)11(5-15,6-16)19-12(7-17,8-18)10(2)4-14/h9-10,13-18H,3-8H2,1-2H3. The quantitative estimate of drug-likeness (QED) is 0.266. The molecule has 0 aliphatic heterocycles. The van der Waals surface area contributed by atoms with Crippen molar-refractivity contribution in [1.29, 1.82) is 0 Å². The Morgan fingerprint density at radius 3 is 1.11 bits per heavy atom. The second kappa shape index (κ2) is 8.11. The van der Waals surface area contributed by atoms with E-state index < -0.39 is 49.5 Å². The molecule has 0 rings (SSSR count). The Balaban J connectivity index is 5.37. The first-order valence-corrected chi connectivity index (χ1v) is 6.27. The molecule has 0 aliphatic rings.